The number of anilines is 1. The van der Waals surface area contributed by atoms with Crippen molar-refractivity contribution in [3.63, 3.8) is 0 Å². The van der Waals surface area contributed by atoms with Gasteiger partial charge in [-0.05, 0) is 48.0 Å². The maximum absolute atomic E-state index is 13.2. The van der Waals surface area contributed by atoms with Crippen molar-refractivity contribution in [1.29, 1.82) is 0 Å². The Labute approximate surface area is 152 Å². The van der Waals surface area contributed by atoms with Gasteiger partial charge in [0.1, 0.15) is 17.5 Å². The fraction of sp³-hybridized carbons (Fsp3) is 0.190. The number of nitrogens with zero attached hydrogens (tertiary/aromatic N) is 2. The summed E-state index contributed by atoms with van der Waals surface area (Å²) in [7, 11) is 3.28. The molecule has 1 aliphatic rings. The Kier molecular flexibility index (Phi) is 4.13. The van der Waals surface area contributed by atoms with Gasteiger partial charge in [-0.3, -0.25) is 4.79 Å². The first-order valence-corrected chi connectivity index (χ1v) is 8.46. The van der Waals surface area contributed by atoms with E-state index in [0.717, 1.165) is 28.3 Å². The lowest BCUT2D eigenvalue weighted by molar-refractivity contribution is -0.120. The molecule has 0 bridgehead atoms. The SMILES string of the molecule is COc1ccc(CN2C(=O)C(n3cccc3)c3cc(OC)ccc32)cc1. The molecule has 0 aliphatic carbocycles. The summed E-state index contributed by atoms with van der Waals surface area (Å²) in [5.41, 5.74) is 2.93. The van der Waals surface area contributed by atoms with E-state index in [1.165, 1.54) is 0 Å². The molecule has 4 rings (SSSR count). The minimum absolute atomic E-state index is 0.0558. The van der Waals surface area contributed by atoms with Gasteiger partial charge in [0.15, 0.2) is 0 Å². The highest BCUT2D eigenvalue weighted by Gasteiger charge is 2.38. The molecule has 0 saturated carbocycles. The van der Waals surface area contributed by atoms with E-state index in [-0.39, 0.29) is 11.9 Å². The molecule has 2 aromatic carbocycles. The number of aromatic nitrogens is 1. The van der Waals surface area contributed by atoms with Gasteiger partial charge in [-0.2, -0.15) is 0 Å². The monoisotopic (exact) mass is 348 g/mol. The summed E-state index contributed by atoms with van der Waals surface area (Å²) >= 11 is 0. The van der Waals surface area contributed by atoms with E-state index in [1.54, 1.807) is 14.2 Å². The fourth-order valence-electron chi connectivity index (χ4n) is 3.41. The lowest BCUT2D eigenvalue weighted by Gasteiger charge is -2.18. The first kappa shape index (κ1) is 16.3. The third-order valence-electron chi connectivity index (χ3n) is 4.75. The summed E-state index contributed by atoms with van der Waals surface area (Å²) in [4.78, 5) is 15.1. The number of benzene rings is 2. The van der Waals surface area contributed by atoms with Crippen LogP contribution in [-0.4, -0.2) is 24.7 Å². The van der Waals surface area contributed by atoms with Crippen molar-refractivity contribution in [2.24, 2.45) is 0 Å². The van der Waals surface area contributed by atoms with E-state index in [0.29, 0.717) is 6.54 Å². The summed E-state index contributed by atoms with van der Waals surface area (Å²) in [6, 6.07) is 17.1. The molecule has 2 heterocycles. The molecule has 5 heteroatoms. The minimum Gasteiger partial charge on any atom is -0.497 e. The van der Waals surface area contributed by atoms with Crippen molar-refractivity contribution in [3.05, 3.63) is 78.1 Å². The van der Waals surface area contributed by atoms with Crippen LogP contribution < -0.4 is 14.4 Å². The minimum atomic E-state index is -0.367. The van der Waals surface area contributed by atoms with E-state index in [4.69, 9.17) is 9.47 Å². The van der Waals surface area contributed by atoms with Crippen LogP contribution in [0.3, 0.4) is 0 Å². The maximum Gasteiger partial charge on any atom is 0.255 e. The molecule has 0 radical (unpaired) electrons. The summed E-state index contributed by atoms with van der Waals surface area (Å²) in [5, 5.41) is 0. The van der Waals surface area contributed by atoms with Crippen LogP contribution in [0.15, 0.2) is 67.0 Å². The predicted octanol–water partition coefficient (Wildman–Crippen LogP) is 3.64. The lowest BCUT2D eigenvalue weighted by Crippen LogP contribution is -2.30. The molecule has 1 aliphatic heterocycles. The Bertz CT molecular complexity index is 917. The molecule has 1 unspecified atom stereocenters. The molecule has 0 fully saturated rings. The van der Waals surface area contributed by atoms with Gasteiger partial charge in [-0.1, -0.05) is 12.1 Å². The van der Waals surface area contributed by atoms with Gasteiger partial charge in [-0.25, -0.2) is 0 Å². The number of rotatable bonds is 5. The van der Waals surface area contributed by atoms with Crippen molar-refractivity contribution >= 4 is 11.6 Å². The molecule has 1 aromatic heterocycles. The fourth-order valence-corrected chi connectivity index (χ4v) is 3.41. The molecule has 1 amide bonds. The summed E-state index contributed by atoms with van der Waals surface area (Å²) in [5.74, 6) is 1.61. The zero-order chi connectivity index (χ0) is 18.1. The van der Waals surface area contributed by atoms with Crippen LogP contribution in [0.5, 0.6) is 11.5 Å². The second kappa shape index (κ2) is 6.59. The van der Waals surface area contributed by atoms with Crippen LogP contribution in [0.2, 0.25) is 0 Å². The van der Waals surface area contributed by atoms with Crippen LogP contribution in [0, 0.1) is 0 Å². The number of methoxy groups -OCH3 is 2. The molecule has 5 nitrogen and oxygen atoms in total. The molecule has 132 valence electrons. The van der Waals surface area contributed by atoms with E-state index in [2.05, 4.69) is 0 Å². The van der Waals surface area contributed by atoms with Crippen LogP contribution in [0.25, 0.3) is 0 Å². The normalized spacial score (nSPS) is 15.8. The van der Waals surface area contributed by atoms with Crippen LogP contribution >= 0.6 is 0 Å². The molecule has 1 atom stereocenters. The van der Waals surface area contributed by atoms with Crippen molar-refractivity contribution < 1.29 is 14.3 Å². The molecule has 0 N–H and O–H groups in total. The third-order valence-corrected chi connectivity index (χ3v) is 4.75. The lowest BCUT2D eigenvalue weighted by atomic mass is 10.1. The third kappa shape index (κ3) is 2.71. The summed E-state index contributed by atoms with van der Waals surface area (Å²) < 4.78 is 12.5. The van der Waals surface area contributed by atoms with Gasteiger partial charge >= 0.3 is 0 Å². The molecular weight excluding hydrogens is 328 g/mol. The molecule has 26 heavy (non-hydrogen) atoms. The molecular formula is C21H20N2O3. The van der Waals surface area contributed by atoms with Gasteiger partial charge in [0.25, 0.3) is 5.91 Å². The first-order chi connectivity index (χ1) is 12.7. The topological polar surface area (TPSA) is 43.7 Å². The van der Waals surface area contributed by atoms with Crippen molar-refractivity contribution in [2.45, 2.75) is 12.6 Å². The molecule has 3 aromatic rings. The van der Waals surface area contributed by atoms with E-state index in [9.17, 15) is 4.79 Å². The Morgan fingerprint density at radius 1 is 0.923 bits per heavy atom. The largest absolute Gasteiger partial charge is 0.497 e. The van der Waals surface area contributed by atoms with E-state index >= 15 is 0 Å². The van der Waals surface area contributed by atoms with Gasteiger partial charge in [0.05, 0.1) is 26.5 Å². The number of hydrogen-bond donors (Lipinski definition) is 0. The predicted molar refractivity (Wildman–Crippen MR) is 99.7 cm³/mol. The van der Waals surface area contributed by atoms with Gasteiger partial charge in [0, 0.05) is 18.0 Å². The smallest absolute Gasteiger partial charge is 0.255 e. The number of fused-ring (bicyclic) bond motifs is 1. The first-order valence-electron chi connectivity index (χ1n) is 8.46. The van der Waals surface area contributed by atoms with E-state index in [1.807, 2.05) is 76.5 Å². The summed E-state index contributed by atoms with van der Waals surface area (Å²) in [6.45, 7) is 0.514. The van der Waals surface area contributed by atoms with Crippen LogP contribution in [0.1, 0.15) is 17.2 Å². The van der Waals surface area contributed by atoms with Crippen molar-refractivity contribution in [2.75, 3.05) is 19.1 Å². The Hall–Kier alpha value is -3.21. The number of hydrogen-bond acceptors (Lipinski definition) is 3. The quantitative estimate of drug-likeness (QED) is 0.707. The highest BCUT2D eigenvalue weighted by molar-refractivity contribution is 6.05. The van der Waals surface area contributed by atoms with Crippen LogP contribution in [-0.2, 0) is 11.3 Å². The maximum atomic E-state index is 13.2. The number of carbonyl (C=O) groups excluding carboxylic acids is 1. The van der Waals surface area contributed by atoms with Crippen LogP contribution in [0.4, 0.5) is 5.69 Å². The van der Waals surface area contributed by atoms with Crippen molar-refractivity contribution in [3.8, 4) is 11.5 Å². The standard InChI is InChI=1S/C21H20N2O3/c1-25-16-7-5-15(6-8-16)14-23-19-10-9-17(26-2)13-18(19)20(21(23)24)22-11-3-4-12-22/h3-13,20H,14H2,1-2H3. The van der Waals surface area contributed by atoms with Gasteiger partial charge in [-0.15, -0.1) is 0 Å². The van der Waals surface area contributed by atoms with E-state index < -0.39 is 0 Å². The molecule has 0 spiro atoms. The average molecular weight is 348 g/mol. The summed E-state index contributed by atoms with van der Waals surface area (Å²) in [6.07, 6.45) is 3.84. The average Bonchev–Trinajstić information content (AvgIpc) is 3.29. The highest BCUT2D eigenvalue weighted by atomic mass is 16.5. The number of carbonyl (C=O) groups is 1. The highest BCUT2D eigenvalue weighted by Crippen LogP contribution is 2.41. The van der Waals surface area contributed by atoms with Gasteiger partial charge < -0.3 is 18.9 Å². The zero-order valence-corrected chi connectivity index (χ0v) is 14.8. The number of ether oxygens (including phenoxy) is 2. The van der Waals surface area contributed by atoms with Gasteiger partial charge in [0.2, 0.25) is 0 Å². The Morgan fingerprint density at radius 2 is 1.58 bits per heavy atom. The zero-order valence-electron chi connectivity index (χ0n) is 14.8. The second-order valence-corrected chi connectivity index (χ2v) is 6.23. The second-order valence-electron chi connectivity index (χ2n) is 6.23. The molecule has 0 saturated heterocycles. The van der Waals surface area contributed by atoms with Crippen molar-refractivity contribution in [1.82, 2.24) is 4.57 Å². The Morgan fingerprint density at radius 3 is 2.23 bits per heavy atom. The Balaban J connectivity index is 1.72. The number of amides is 1.